The fourth-order valence-corrected chi connectivity index (χ4v) is 8.93. The van der Waals surface area contributed by atoms with E-state index in [2.05, 4.69) is 4.98 Å². The topological polar surface area (TPSA) is 163 Å². The molecule has 1 aliphatic carbocycles. The Kier molecular flexibility index (Phi) is 8.24. The molecule has 6 rings (SSSR count). The van der Waals surface area contributed by atoms with Crippen molar-refractivity contribution >= 4 is 37.5 Å². The molecule has 4 atom stereocenters. The molecule has 0 radical (unpaired) electrons. The molecule has 0 spiro atoms. The number of nitrogens with zero attached hydrogens (tertiary/aromatic N) is 4. The van der Waals surface area contributed by atoms with E-state index < -0.39 is 38.9 Å². The third-order valence-electron chi connectivity index (χ3n) is 9.26. The quantitative estimate of drug-likeness (QED) is 0.264. The summed E-state index contributed by atoms with van der Waals surface area (Å²) in [6.07, 6.45) is 4.44. The highest BCUT2D eigenvalue weighted by Crippen LogP contribution is 2.43. The van der Waals surface area contributed by atoms with Crippen molar-refractivity contribution in [3.8, 4) is 16.5 Å². The van der Waals surface area contributed by atoms with Gasteiger partial charge in [-0.3, -0.25) is 9.36 Å². The standard InChI is InChI=1S/C31H36N4O9S2/c1-17-24-27(36)35(31(2,3)29(37)38)30(39)34(28(24)45-25(17)26-32-10-11-43-26)16-23(21-8-6-7-9-22(21)42-4)44-20-12-18-14-33(46(5,40)41)15-19(18)13-20/h6-11,18-20,23H,12-16H2,1-5H3,(H,37,38)/t18-,19+,20-,23-/m1/s1. The summed E-state index contributed by atoms with van der Waals surface area (Å²) in [5.41, 5.74) is -2.18. The number of methoxy groups -OCH3 is 1. The minimum absolute atomic E-state index is 0.0576. The molecule has 1 aromatic carbocycles. The van der Waals surface area contributed by atoms with E-state index in [0.717, 1.165) is 4.57 Å². The van der Waals surface area contributed by atoms with Crippen molar-refractivity contribution in [3.63, 3.8) is 0 Å². The van der Waals surface area contributed by atoms with Crippen LogP contribution in [-0.2, 0) is 31.6 Å². The highest BCUT2D eigenvalue weighted by molar-refractivity contribution is 7.88. The molecule has 1 N–H and O–H groups in total. The van der Waals surface area contributed by atoms with Crippen LogP contribution in [0.3, 0.4) is 0 Å². The number of para-hydroxylation sites is 1. The third kappa shape index (κ3) is 5.48. The lowest BCUT2D eigenvalue weighted by Gasteiger charge is -2.28. The molecule has 3 aromatic heterocycles. The molecule has 0 unspecified atom stereocenters. The number of hydrogen-bond acceptors (Lipinski definition) is 10. The van der Waals surface area contributed by atoms with Crippen molar-refractivity contribution in [1.29, 1.82) is 0 Å². The van der Waals surface area contributed by atoms with Gasteiger partial charge in [-0.1, -0.05) is 18.2 Å². The summed E-state index contributed by atoms with van der Waals surface area (Å²) in [6, 6.07) is 7.30. The molecule has 46 heavy (non-hydrogen) atoms. The van der Waals surface area contributed by atoms with E-state index in [1.165, 1.54) is 52.8 Å². The fraction of sp³-hybridized carbons (Fsp3) is 0.484. The molecule has 1 saturated heterocycles. The van der Waals surface area contributed by atoms with Crippen LogP contribution in [0.25, 0.3) is 21.0 Å². The van der Waals surface area contributed by atoms with Gasteiger partial charge >= 0.3 is 11.7 Å². The van der Waals surface area contributed by atoms with Crippen LogP contribution in [0.2, 0.25) is 0 Å². The van der Waals surface area contributed by atoms with Gasteiger partial charge in [-0.25, -0.2) is 31.9 Å². The number of ether oxygens (including phenoxy) is 2. The van der Waals surface area contributed by atoms with Gasteiger partial charge in [0.05, 0.1) is 42.5 Å². The Morgan fingerprint density at radius 3 is 2.46 bits per heavy atom. The zero-order valence-electron chi connectivity index (χ0n) is 26.1. The van der Waals surface area contributed by atoms with Crippen molar-refractivity contribution in [2.75, 3.05) is 26.5 Å². The van der Waals surface area contributed by atoms with Crippen LogP contribution in [0.5, 0.6) is 5.75 Å². The largest absolute Gasteiger partial charge is 0.496 e. The lowest BCUT2D eigenvalue weighted by molar-refractivity contribution is -0.146. The molecular formula is C31H36N4O9S2. The predicted octanol–water partition coefficient (Wildman–Crippen LogP) is 3.44. The Balaban J connectivity index is 1.48. The van der Waals surface area contributed by atoms with E-state index in [9.17, 15) is 27.9 Å². The van der Waals surface area contributed by atoms with Crippen LogP contribution < -0.4 is 16.0 Å². The van der Waals surface area contributed by atoms with Gasteiger partial charge in [-0.15, -0.1) is 11.3 Å². The van der Waals surface area contributed by atoms with E-state index >= 15 is 0 Å². The smallest absolute Gasteiger partial charge is 0.333 e. The van der Waals surface area contributed by atoms with Crippen LogP contribution in [0.4, 0.5) is 0 Å². The molecule has 1 saturated carbocycles. The first-order valence-corrected chi connectivity index (χ1v) is 17.5. The highest BCUT2D eigenvalue weighted by atomic mass is 32.2. The van der Waals surface area contributed by atoms with Crippen LogP contribution >= 0.6 is 11.3 Å². The van der Waals surface area contributed by atoms with Crippen molar-refractivity contribution in [1.82, 2.24) is 18.4 Å². The maximum Gasteiger partial charge on any atom is 0.333 e. The summed E-state index contributed by atoms with van der Waals surface area (Å²) in [4.78, 5) is 45.7. The molecule has 4 aromatic rings. The molecule has 2 fully saturated rings. The minimum atomic E-state index is -3.29. The Morgan fingerprint density at radius 1 is 1.20 bits per heavy atom. The lowest BCUT2D eigenvalue weighted by atomic mass is 10.0. The second-order valence-corrected chi connectivity index (χ2v) is 15.5. The molecule has 0 amide bonds. The number of fused-ring (bicyclic) bond motifs is 2. The zero-order chi connectivity index (χ0) is 33.1. The first kappa shape index (κ1) is 32.2. The Morgan fingerprint density at radius 2 is 1.87 bits per heavy atom. The normalized spacial score (nSPS) is 21.1. The van der Waals surface area contributed by atoms with E-state index in [4.69, 9.17) is 13.9 Å². The van der Waals surface area contributed by atoms with Crippen molar-refractivity contribution < 1.29 is 32.2 Å². The lowest BCUT2D eigenvalue weighted by Crippen LogP contribution is -2.52. The summed E-state index contributed by atoms with van der Waals surface area (Å²) in [6.45, 7) is 5.18. The van der Waals surface area contributed by atoms with Gasteiger partial charge in [0.1, 0.15) is 28.5 Å². The van der Waals surface area contributed by atoms with Crippen molar-refractivity contribution in [2.24, 2.45) is 11.8 Å². The average molecular weight is 673 g/mol. The summed E-state index contributed by atoms with van der Waals surface area (Å²) in [5, 5.41) is 10.3. The average Bonchev–Trinajstić information content (AvgIpc) is 3.78. The van der Waals surface area contributed by atoms with Crippen LogP contribution in [0.1, 0.15) is 43.9 Å². The number of oxazole rings is 1. The van der Waals surface area contributed by atoms with Crippen molar-refractivity contribution in [2.45, 2.75) is 57.9 Å². The number of thiophene rings is 1. The highest BCUT2D eigenvalue weighted by Gasteiger charge is 2.45. The first-order chi connectivity index (χ1) is 21.7. The number of carboxylic acids is 1. The molecule has 0 bridgehead atoms. The molecule has 246 valence electrons. The SMILES string of the molecule is COc1ccccc1[C@@H](Cn1c(=O)n(C(C)(C)C(=O)O)c(=O)c2c(C)c(-c3ncco3)sc21)O[C@@H]1C[C@@H]2CN(S(C)(=O)=O)C[C@@H]2C1. The Hall–Kier alpha value is -3.79. The second-order valence-electron chi connectivity index (χ2n) is 12.5. The van der Waals surface area contributed by atoms with E-state index in [0.29, 0.717) is 52.5 Å². The fourth-order valence-electron chi connectivity index (χ4n) is 6.76. The summed E-state index contributed by atoms with van der Waals surface area (Å²) < 4.78 is 46.0. The van der Waals surface area contributed by atoms with Gasteiger partial charge in [-0.2, -0.15) is 0 Å². The zero-order valence-corrected chi connectivity index (χ0v) is 27.8. The number of hydrogen-bond donors (Lipinski definition) is 1. The first-order valence-electron chi connectivity index (χ1n) is 14.9. The van der Waals surface area contributed by atoms with Crippen LogP contribution in [0, 0.1) is 18.8 Å². The summed E-state index contributed by atoms with van der Waals surface area (Å²) in [5.74, 6) is -0.223. The Labute approximate surface area is 269 Å². The maximum atomic E-state index is 14.3. The number of carboxylic acid groups (broad SMARTS) is 1. The molecule has 13 nitrogen and oxygen atoms in total. The predicted molar refractivity (Wildman–Crippen MR) is 171 cm³/mol. The van der Waals surface area contributed by atoms with E-state index in [1.54, 1.807) is 20.1 Å². The van der Waals surface area contributed by atoms with Crippen LogP contribution in [-0.4, -0.2) is 70.5 Å². The van der Waals surface area contributed by atoms with Crippen molar-refractivity contribution in [3.05, 3.63) is 68.7 Å². The number of aromatic nitrogens is 3. The molecular weight excluding hydrogens is 636 g/mol. The van der Waals surface area contributed by atoms with Gasteiger partial charge in [0.2, 0.25) is 15.9 Å². The number of aliphatic carboxylic acids is 1. The van der Waals surface area contributed by atoms with Gasteiger partial charge in [0.15, 0.2) is 0 Å². The van der Waals surface area contributed by atoms with Gasteiger partial charge in [-0.05, 0) is 57.1 Å². The third-order valence-corrected chi connectivity index (χ3v) is 11.8. The number of sulfonamides is 1. The Bertz CT molecular complexity index is 2010. The van der Waals surface area contributed by atoms with Gasteiger partial charge < -0.3 is 19.0 Å². The molecule has 4 heterocycles. The molecule has 15 heteroatoms. The number of rotatable bonds is 10. The molecule has 2 aliphatic rings. The minimum Gasteiger partial charge on any atom is -0.496 e. The van der Waals surface area contributed by atoms with Gasteiger partial charge in [0.25, 0.3) is 5.56 Å². The van der Waals surface area contributed by atoms with E-state index in [1.807, 2.05) is 18.2 Å². The summed E-state index contributed by atoms with van der Waals surface area (Å²) >= 11 is 1.17. The number of benzene rings is 1. The number of carbonyl (C=O) groups is 1. The number of aryl methyl sites for hydroxylation is 1. The second kappa shape index (κ2) is 11.8. The van der Waals surface area contributed by atoms with E-state index in [-0.39, 0.29) is 35.8 Å². The maximum absolute atomic E-state index is 14.3. The summed E-state index contributed by atoms with van der Waals surface area (Å²) in [7, 11) is -1.75. The van der Waals surface area contributed by atoms with Gasteiger partial charge in [0, 0.05) is 18.7 Å². The van der Waals surface area contributed by atoms with Crippen LogP contribution in [0.15, 0.2) is 50.7 Å². The monoisotopic (exact) mass is 672 g/mol. The molecule has 1 aliphatic heterocycles.